The summed E-state index contributed by atoms with van der Waals surface area (Å²) in [5.41, 5.74) is 0.845. The van der Waals surface area contributed by atoms with Crippen molar-refractivity contribution in [3.8, 4) is 5.75 Å². The SMILES string of the molecule is COc1ccc(N2C(=O)[C@@H](OC(C)=O)[C@H]2c2ccccc2)cc1[N+](=O)[O-]. The van der Waals surface area contributed by atoms with Crippen molar-refractivity contribution in [2.24, 2.45) is 0 Å². The molecule has 0 unspecified atom stereocenters. The van der Waals surface area contributed by atoms with Crippen LogP contribution in [0.1, 0.15) is 18.5 Å². The van der Waals surface area contributed by atoms with E-state index in [9.17, 15) is 19.7 Å². The Hall–Kier alpha value is -3.42. The molecule has 0 N–H and O–H groups in total. The number of anilines is 1. The number of esters is 1. The van der Waals surface area contributed by atoms with Crippen LogP contribution >= 0.6 is 0 Å². The topological polar surface area (TPSA) is 99.0 Å². The van der Waals surface area contributed by atoms with E-state index in [1.54, 1.807) is 30.3 Å². The van der Waals surface area contributed by atoms with Crippen LogP contribution in [-0.4, -0.2) is 30.0 Å². The molecule has 1 fully saturated rings. The smallest absolute Gasteiger partial charge is 0.312 e. The van der Waals surface area contributed by atoms with Crippen LogP contribution in [0.25, 0.3) is 0 Å². The van der Waals surface area contributed by atoms with Gasteiger partial charge < -0.3 is 9.47 Å². The van der Waals surface area contributed by atoms with Gasteiger partial charge in [0.25, 0.3) is 5.91 Å². The fourth-order valence-electron chi connectivity index (χ4n) is 2.99. The average molecular weight is 356 g/mol. The number of rotatable bonds is 5. The number of methoxy groups -OCH3 is 1. The van der Waals surface area contributed by atoms with Gasteiger partial charge in [-0.1, -0.05) is 30.3 Å². The second-order valence-corrected chi connectivity index (χ2v) is 5.71. The summed E-state index contributed by atoms with van der Waals surface area (Å²) in [7, 11) is 1.33. The Morgan fingerprint density at radius 2 is 1.88 bits per heavy atom. The van der Waals surface area contributed by atoms with Crippen molar-refractivity contribution in [3.63, 3.8) is 0 Å². The van der Waals surface area contributed by atoms with Gasteiger partial charge in [0.15, 0.2) is 5.75 Å². The maximum absolute atomic E-state index is 12.6. The first-order valence-electron chi connectivity index (χ1n) is 7.81. The molecule has 0 bridgehead atoms. The molecule has 0 aliphatic carbocycles. The molecule has 0 radical (unpaired) electrons. The highest BCUT2D eigenvalue weighted by molar-refractivity contribution is 6.06. The molecule has 2 atom stereocenters. The molecular weight excluding hydrogens is 340 g/mol. The summed E-state index contributed by atoms with van der Waals surface area (Å²) in [5.74, 6) is -0.905. The van der Waals surface area contributed by atoms with E-state index in [4.69, 9.17) is 9.47 Å². The molecule has 134 valence electrons. The minimum Gasteiger partial charge on any atom is -0.490 e. The Bertz CT molecular complexity index is 867. The molecule has 1 saturated heterocycles. The quantitative estimate of drug-likeness (QED) is 0.353. The van der Waals surface area contributed by atoms with E-state index in [1.165, 1.54) is 31.1 Å². The second-order valence-electron chi connectivity index (χ2n) is 5.71. The van der Waals surface area contributed by atoms with Crippen LogP contribution < -0.4 is 9.64 Å². The fourth-order valence-corrected chi connectivity index (χ4v) is 2.99. The molecule has 0 aromatic heterocycles. The molecule has 8 nitrogen and oxygen atoms in total. The zero-order chi connectivity index (χ0) is 18.8. The summed E-state index contributed by atoms with van der Waals surface area (Å²) in [6.07, 6.45) is -0.962. The molecule has 0 saturated carbocycles. The predicted octanol–water partition coefficient (Wildman–Crippen LogP) is 2.62. The fraction of sp³-hybridized carbons (Fsp3) is 0.222. The maximum Gasteiger partial charge on any atom is 0.312 e. The molecule has 1 aliphatic heterocycles. The number of carbonyl (C=O) groups is 2. The van der Waals surface area contributed by atoms with Crippen LogP contribution in [0.3, 0.4) is 0 Å². The number of amides is 1. The number of benzene rings is 2. The third kappa shape index (κ3) is 2.97. The number of carbonyl (C=O) groups excluding carboxylic acids is 2. The average Bonchev–Trinajstić information content (AvgIpc) is 2.64. The van der Waals surface area contributed by atoms with Gasteiger partial charge in [-0.3, -0.25) is 24.6 Å². The molecule has 1 amide bonds. The van der Waals surface area contributed by atoms with E-state index >= 15 is 0 Å². The third-order valence-electron chi connectivity index (χ3n) is 4.12. The molecule has 0 spiro atoms. The monoisotopic (exact) mass is 356 g/mol. The van der Waals surface area contributed by atoms with Gasteiger partial charge in [-0.05, 0) is 17.7 Å². The second kappa shape index (κ2) is 6.83. The first-order chi connectivity index (χ1) is 12.4. The van der Waals surface area contributed by atoms with E-state index in [2.05, 4.69) is 0 Å². The van der Waals surface area contributed by atoms with E-state index < -0.39 is 28.9 Å². The van der Waals surface area contributed by atoms with Gasteiger partial charge >= 0.3 is 11.7 Å². The predicted molar refractivity (Wildman–Crippen MR) is 91.9 cm³/mol. The highest BCUT2D eigenvalue weighted by Crippen LogP contribution is 2.43. The Morgan fingerprint density at radius 1 is 1.19 bits per heavy atom. The lowest BCUT2D eigenvalue weighted by atomic mass is 9.89. The summed E-state index contributed by atoms with van der Waals surface area (Å²) in [4.78, 5) is 36.0. The number of hydrogen-bond acceptors (Lipinski definition) is 6. The first kappa shape index (κ1) is 17.4. The number of ether oxygens (including phenoxy) is 2. The van der Waals surface area contributed by atoms with Crippen LogP contribution in [0.2, 0.25) is 0 Å². The Kier molecular flexibility index (Phi) is 4.57. The van der Waals surface area contributed by atoms with Crippen molar-refractivity contribution in [2.75, 3.05) is 12.0 Å². The molecule has 26 heavy (non-hydrogen) atoms. The zero-order valence-corrected chi connectivity index (χ0v) is 14.1. The van der Waals surface area contributed by atoms with Gasteiger partial charge in [-0.2, -0.15) is 0 Å². The van der Waals surface area contributed by atoms with Crippen molar-refractivity contribution in [1.82, 2.24) is 0 Å². The molecule has 2 aromatic rings. The van der Waals surface area contributed by atoms with Gasteiger partial charge in [0.05, 0.1) is 17.7 Å². The van der Waals surface area contributed by atoms with Crippen LogP contribution in [0, 0.1) is 10.1 Å². The molecule has 2 aromatic carbocycles. The first-order valence-corrected chi connectivity index (χ1v) is 7.81. The van der Waals surface area contributed by atoms with Crippen LogP contribution in [0.4, 0.5) is 11.4 Å². The Labute approximate surface area is 149 Å². The van der Waals surface area contributed by atoms with Gasteiger partial charge in [0.1, 0.15) is 6.04 Å². The summed E-state index contributed by atoms with van der Waals surface area (Å²) in [6, 6.07) is 12.8. The van der Waals surface area contributed by atoms with Crippen molar-refractivity contribution in [1.29, 1.82) is 0 Å². The largest absolute Gasteiger partial charge is 0.490 e. The minimum absolute atomic E-state index is 0.0968. The number of nitrogens with zero attached hydrogens (tertiary/aromatic N) is 2. The molecular formula is C18H16N2O6. The van der Waals surface area contributed by atoms with Crippen molar-refractivity contribution in [2.45, 2.75) is 19.1 Å². The van der Waals surface area contributed by atoms with Crippen molar-refractivity contribution in [3.05, 3.63) is 64.2 Å². The molecule has 1 aliphatic rings. The van der Waals surface area contributed by atoms with E-state index in [1.807, 2.05) is 6.07 Å². The minimum atomic E-state index is -0.962. The highest BCUT2D eigenvalue weighted by atomic mass is 16.6. The molecule has 8 heteroatoms. The highest BCUT2D eigenvalue weighted by Gasteiger charge is 2.51. The third-order valence-corrected chi connectivity index (χ3v) is 4.12. The van der Waals surface area contributed by atoms with Crippen molar-refractivity contribution < 1.29 is 24.0 Å². The van der Waals surface area contributed by atoms with Gasteiger partial charge in [-0.25, -0.2) is 0 Å². The maximum atomic E-state index is 12.6. The summed E-state index contributed by atoms with van der Waals surface area (Å²) in [6.45, 7) is 1.23. The van der Waals surface area contributed by atoms with E-state index in [0.717, 1.165) is 5.56 Å². The van der Waals surface area contributed by atoms with E-state index in [-0.39, 0.29) is 11.4 Å². The normalized spacial score (nSPS) is 18.8. The number of nitro benzene ring substituents is 1. The van der Waals surface area contributed by atoms with Crippen LogP contribution in [0.15, 0.2) is 48.5 Å². The number of nitro groups is 1. The molecule has 1 heterocycles. The van der Waals surface area contributed by atoms with E-state index in [0.29, 0.717) is 5.69 Å². The number of β-lactam (4-membered cyclic amide) rings is 1. The van der Waals surface area contributed by atoms with Gasteiger partial charge in [-0.15, -0.1) is 0 Å². The zero-order valence-electron chi connectivity index (χ0n) is 14.1. The Balaban J connectivity index is 2.03. The molecule has 3 rings (SSSR count). The lowest BCUT2D eigenvalue weighted by Crippen LogP contribution is -2.60. The lowest BCUT2D eigenvalue weighted by molar-refractivity contribution is -0.385. The Morgan fingerprint density at radius 3 is 2.46 bits per heavy atom. The van der Waals surface area contributed by atoms with Gasteiger partial charge in [0.2, 0.25) is 6.10 Å². The van der Waals surface area contributed by atoms with Gasteiger partial charge in [0, 0.05) is 13.0 Å². The standard InChI is InChI=1S/C18H16N2O6/c1-11(21)26-17-16(12-6-4-3-5-7-12)19(18(17)22)13-8-9-15(25-2)14(10-13)20(23)24/h3-10,16-17H,1-2H3/t16-,17+/m1/s1. The number of hydrogen-bond donors (Lipinski definition) is 0. The van der Waals surface area contributed by atoms with Crippen LogP contribution in [-0.2, 0) is 14.3 Å². The lowest BCUT2D eigenvalue weighted by Gasteiger charge is -2.46. The van der Waals surface area contributed by atoms with Crippen molar-refractivity contribution >= 4 is 23.3 Å². The summed E-state index contributed by atoms with van der Waals surface area (Å²) >= 11 is 0. The van der Waals surface area contributed by atoms with Crippen LogP contribution in [0.5, 0.6) is 5.75 Å². The summed E-state index contributed by atoms with van der Waals surface area (Å²) in [5, 5.41) is 11.3. The summed E-state index contributed by atoms with van der Waals surface area (Å²) < 4.78 is 10.1.